The number of rotatable bonds is 4. The first-order valence-electron chi connectivity index (χ1n) is 8.03. The summed E-state index contributed by atoms with van der Waals surface area (Å²) < 4.78 is 27.1. The van der Waals surface area contributed by atoms with Gasteiger partial charge in [-0.05, 0) is 49.6 Å². The van der Waals surface area contributed by atoms with Crippen molar-refractivity contribution in [2.75, 3.05) is 6.54 Å². The second kappa shape index (κ2) is 6.54. The van der Waals surface area contributed by atoms with Crippen LogP contribution >= 0.6 is 0 Å². The molecule has 2 aromatic carbocycles. The van der Waals surface area contributed by atoms with Gasteiger partial charge in [0.15, 0.2) is 11.6 Å². The summed E-state index contributed by atoms with van der Waals surface area (Å²) in [7, 11) is -3.62. The Hall–Kier alpha value is -2.31. The number of ketones is 2. The number of hydrogen-bond acceptors (Lipinski definition) is 4. The monoisotopic (exact) mass is 357 g/mol. The lowest BCUT2D eigenvalue weighted by molar-refractivity contribution is 0.100. The smallest absolute Gasteiger partial charge is 0.243 e. The highest BCUT2D eigenvalue weighted by atomic mass is 32.2. The van der Waals surface area contributed by atoms with Gasteiger partial charge in [0.05, 0.1) is 4.90 Å². The number of hydrogen-bond donors (Lipinski definition) is 0. The number of carbonyl (C=O) groups excluding carboxylic acids is 2. The zero-order chi connectivity index (χ0) is 18.2. The molecule has 0 atom stereocenters. The quantitative estimate of drug-likeness (QED) is 0.789. The summed E-state index contributed by atoms with van der Waals surface area (Å²) >= 11 is 0. The first kappa shape index (κ1) is 17.5. The topological polar surface area (TPSA) is 71.5 Å². The molecule has 6 heteroatoms. The molecule has 5 nitrogen and oxygen atoms in total. The zero-order valence-electron chi connectivity index (χ0n) is 14.2. The molecule has 0 bridgehead atoms. The van der Waals surface area contributed by atoms with E-state index in [0.717, 1.165) is 11.1 Å². The van der Waals surface area contributed by atoms with Crippen molar-refractivity contribution >= 4 is 21.6 Å². The van der Waals surface area contributed by atoms with Crippen LogP contribution in [0.15, 0.2) is 47.4 Å². The maximum atomic E-state index is 12.8. The molecule has 1 aliphatic heterocycles. The molecule has 0 aromatic heterocycles. The van der Waals surface area contributed by atoms with Crippen LogP contribution in [0.4, 0.5) is 0 Å². The average molecular weight is 357 g/mol. The summed E-state index contributed by atoms with van der Waals surface area (Å²) in [6, 6.07) is 11.4. The van der Waals surface area contributed by atoms with Gasteiger partial charge in [0.1, 0.15) is 0 Å². The van der Waals surface area contributed by atoms with Gasteiger partial charge in [0, 0.05) is 24.2 Å². The van der Waals surface area contributed by atoms with E-state index in [1.54, 1.807) is 6.07 Å². The Morgan fingerprint density at radius 3 is 2.08 bits per heavy atom. The third-order valence-electron chi connectivity index (χ3n) is 4.49. The van der Waals surface area contributed by atoms with E-state index in [-0.39, 0.29) is 23.0 Å². The lowest BCUT2D eigenvalue weighted by Crippen LogP contribution is -2.36. The van der Waals surface area contributed by atoms with Crippen LogP contribution in [-0.2, 0) is 23.0 Å². The summed E-state index contributed by atoms with van der Waals surface area (Å²) in [6.07, 6.45) is 0.571. The van der Waals surface area contributed by atoms with E-state index in [1.165, 1.54) is 42.4 Å². The van der Waals surface area contributed by atoms with Gasteiger partial charge in [-0.25, -0.2) is 8.42 Å². The SMILES string of the molecule is CC(=O)c1ccc(S(=O)(=O)N2CCc3cc(C(C)=O)ccc3C2)cc1. The van der Waals surface area contributed by atoms with Gasteiger partial charge in [-0.2, -0.15) is 4.31 Å². The molecular formula is C19H19NO4S. The van der Waals surface area contributed by atoms with Crippen molar-refractivity contribution in [2.45, 2.75) is 31.7 Å². The third kappa shape index (κ3) is 3.41. The Morgan fingerprint density at radius 1 is 0.880 bits per heavy atom. The van der Waals surface area contributed by atoms with Gasteiger partial charge < -0.3 is 0 Å². The van der Waals surface area contributed by atoms with E-state index >= 15 is 0 Å². The number of nitrogens with zero attached hydrogens (tertiary/aromatic N) is 1. The van der Waals surface area contributed by atoms with Crippen molar-refractivity contribution < 1.29 is 18.0 Å². The summed E-state index contributed by atoms with van der Waals surface area (Å²) in [5.74, 6) is -0.0967. The van der Waals surface area contributed by atoms with Crippen molar-refractivity contribution in [3.8, 4) is 0 Å². The first-order chi connectivity index (χ1) is 11.8. The first-order valence-corrected chi connectivity index (χ1v) is 9.47. The number of benzene rings is 2. The molecule has 130 valence electrons. The molecule has 1 aliphatic rings. The Morgan fingerprint density at radius 2 is 1.48 bits per heavy atom. The minimum atomic E-state index is -3.62. The van der Waals surface area contributed by atoms with E-state index < -0.39 is 10.0 Å². The summed E-state index contributed by atoms with van der Waals surface area (Å²) in [6.45, 7) is 3.61. The fourth-order valence-corrected chi connectivity index (χ4v) is 4.38. The number of carbonyl (C=O) groups is 2. The molecule has 0 saturated carbocycles. The predicted molar refractivity (Wildman–Crippen MR) is 94.2 cm³/mol. The molecule has 0 N–H and O–H groups in total. The molecule has 25 heavy (non-hydrogen) atoms. The zero-order valence-corrected chi connectivity index (χ0v) is 15.0. The molecule has 0 aliphatic carbocycles. The van der Waals surface area contributed by atoms with Crippen LogP contribution in [0.3, 0.4) is 0 Å². The summed E-state index contributed by atoms with van der Waals surface area (Å²) in [4.78, 5) is 23.0. The van der Waals surface area contributed by atoms with E-state index in [0.29, 0.717) is 24.1 Å². The minimum absolute atomic E-state index is 0.00316. The highest BCUT2D eigenvalue weighted by Crippen LogP contribution is 2.26. The van der Waals surface area contributed by atoms with Crippen LogP contribution < -0.4 is 0 Å². The predicted octanol–water partition coefficient (Wildman–Crippen LogP) is 2.84. The largest absolute Gasteiger partial charge is 0.295 e. The Labute approximate surface area is 147 Å². The average Bonchev–Trinajstić information content (AvgIpc) is 2.60. The van der Waals surface area contributed by atoms with Crippen LogP contribution in [0.2, 0.25) is 0 Å². The number of sulfonamides is 1. The Bertz CT molecular complexity index is 946. The maximum absolute atomic E-state index is 12.8. The minimum Gasteiger partial charge on any atom is -0.295 e. The van der Waals surface area contributed by atoms with Crippen molar-refractivity contribution in [3.05, 3.63) is 64.7 Å². The fourth-order valence-electron chi connectivity index (χ4n) is 2.96. The van der Waals surface area contributed by atoms with Crippen LogP contribution in [0, 0.1) is 0 Å². The Kier molecular flexibility index (Phi) is 4.58. The second-order valence-electron chi connectivity index (χ2n) is 6.21. The van der Waals surface area contributed by atoms with Gasteiger partial charge in [-0.3, -0.25) is 9.59 Å². The summed E-state index contributed by atoms with van der Waals surface area (Å²) in [5.41, 5.74) is 3.07. The van der Waals surface area contributed by atoms with Gasteiger partial charge in [0.25, 0.3) is 0 Å². The van der Waals surface area contributed by atoms with Crippen molar-refractivity contribution in [3.63, 3.8) is 0 Å². The fraction of sp³-hybridized carbons (Fsp3) is 0.263. The van der Waals surface area contributed by atoms with Gasteiger partial charge in [-0.15, -0.1) is 0 Å². The maximum Gasteiger partial charge on any atom is 0.243 e. The van der Waals surface area contributed by atoms with Crippen LogP contribution in [0.5, 0.6) is 0 Å². The van der Waals surface area contributed by atoms with E-state index in [4.69, 9.17) is 0 Å². The number of fused-ring (bicyclic) bond motifs is 1. The van der Waals surface area contributed by atoms with Crippen molar-refractivity contribution in [1.82, 2.24) is 4.31 Å². The summed E-state index contributed by atoms with van der Waals surface area (Å²) in [5, 5.41) is 0. The standard InChI is InChI=1S/C19H19NO4S/c1-13(21)15-5-7-19(8-6-15)25(23,24)20-10-9-17-11-16(14(2)22)3-4-18(17)12-20/h3-8,11H,9-10,12H2,1-2H3. The second-order valence-corrected chi connectivity index (χ2v) is 8.15. The van der Waals surface area contributed by atoms with Crippen LogP contribution in [0.1, 0.15) is 45.7 Å². The highest BCUT2D eigenvalue weighted by molar-refractivity contribution is 7.89. The third-order valence-corrected chi connectivity index (χ3v) is 6.35. The highest BCUT2D eigenvalue weighted by Gasteiger charge is 2.28. The van der Waals surface area contributed by atoms with Crippen molar-refractivity contribution in [2.24, 2.45) is 0 Å². The van der Waals surface area contributed by atoms with Gasteiger partial charge in [-0.1, -0.05) is 24.3 Å². The van der Waals surface area contributed by atoms with E-state index in [9.17, 15) is 18.0 Å². The van der Waals surface area contributed by atoms with Crippen molar-refractivity contribution in [1.29, 1.82) is 0 Å². The molecule has 0 spiro atoms. The molecule has 0 fully saturated rings. The molecule has 0 radical (unpaired) electrons. The molecule has 0 unspecified atom stereocenters. The lowest BCUT2D eigenvalue weighted by Gasteiger charge is -2.28. The van der Waals surface area contributed by atoms with Crippen LogP contribution in [0.25, 0.3) is 0 Å². The van der Waals surface area contributed by atoms with Gasteiger partial charge >= 0.3 is 0 Å². The molecular weight excluding hydrogens is 338 g/mol. The number of Topliss-reactive ketones (excluding diaryl/α,β-unsaturated/α-hetero) is 2. The molecule has 3 rings (SSSR count). The van der Waals surface area contributed by atoms with E-state index in [2.05, 4.69) is 0 Å². The molecule has 1 heterocycles. The molecule has 0 saturated heterocycles. The normalized spacial score (nSPS) is 14.8. The Balaban J connectivity index is 1.87. The lowest BCUT2D eigenvalue weighted by atomic mass is 9.97. The van der Waals surface area contributed by atoms with Gasteiger partial charge in [0.2, 0.25) is 10.0 Å². The molecule has 2 aromatic rings. The molecule has 0 amide bonds. The van der Waals surface area contributed by atoms with Crippen LogP contribution in [-0.4, -0.2) is 30.8 Å². The van der Waals surface area contributed by atoms with E-state index in [1.807, 2.05) is 12.1 Å².